The fourth-order valence-electron chi connectivity index (χ4n) is 2.04. The highest BCUT2D eigenvalue weighted by atomic mass is 79.9. The van der Waals surface area contributed by atoms with Crippen molar-refractivity contribution < 1.29 is 23.8 Å². The smallest absolute Gasteiger partial charge is 0.331 e. The number of nitrogens with one attached hydrogen (secondary N) is 2. The first-order valence-corrected chi connectivity index (χ1v) is 7.09. The van der Waals surface area contributed by atoms with Crippen LogP contribution in [-0.4, -0.2) is 41.2 Å². The zero-order valence-corrected chi connectivity index (χ0v) is 13.5. The molecule has 0 spiro atoms. The molecule has 0 saturated carbocycles. The monoisotopic (exact) mass is 372 g/mol. The highest BCUT2D eigenvalue weighted by Gasteiger charge is 2.35. The second-order valence-corrected chi connectivity index (χ2v) is 5.97. The van der Waals surface area contributed by atoms with Gasteiger partial charge in [0.2, 0.25) is 0 Å². The second kappa shape index (κ2) is 6.05. The van der Waals surface area contributed by atoms with Gasteiger partial charge in [-0.25, -0.2) is 9.18 Å². The summed E-state index contributed by atoms with van der Waals surface area (Å²) in [6, 6.07) is 4.24. The predicted octanol–water partition coefficient (Wildman–Crippen LogP) is 2.29. The molecule has 8 heteroatoms. The maximum atomic E-state index is 13.8. The number of carboxylic acids is 1. The Kier molecular flexibility index (Phi) is 4.52. The average molecular weight is 373 g/mol. The number of carbonyl (C=O) groups excluding carboxylic acids is 1. The van der Waals surface area contributed by atoms with Crippen molar-refractivity contribution in [3.63, 3.8) is 0 Å². The number of H-pyrrole nitrogens is 1. The third-order valence-corrected chi connectivity index (χ3v) is 3.65. The summed E-state index contributed by atoms with van der Waals surface area (Å²) in [5.74, 6) is -2.38. The van der Waals surface area contributed by atoms with Gasteiger partial charge in [-0.05, 0) is 25.1 Å². The normalized spacial score (nSPS) is 13.8. The van der Waals surface area contributed by atoms with Crippen LogP contribution in [0.3, 0.4) is 0 Å². The number of carbonyl (C=O) groups is 2. The van der Waals surface area contributed by atoms with Gasteiger partial charge in [0.05, 0.1) is 12.1 Å². The van der Waals surface area contributed by atoms with E-state index in [0.29, 0.717) is 9.99 Å². The van der Waals surface area contributed by atoms with Gasteiger partial charge >= 0.3 is 5.97 Å². The van der Waals surface area contributed by atoms with Crippen molar-refractivity contribution >= 4 is 38.7 Å². The molecular formula is C14H14BrFN2O4. The highest BCUT2D eigenvalue weighted by molar-refractivity contribution is 9.10. The number of benzene rings is 1. The van der Waals surface area contributed by atoms with Crippen molar-refractivity contribution in [2.45, 2.75) is 12.5 Å². The van der Waals surface area contributed by atoms with Gasteiger partial charge in [0, 0.05) is 17.0 Å². The lowest BCUT2D eigenvalue weighted by Crippen LogP contribution is -2.55. The molecule has 0 aliphatic heterocycles. The Hall–Kier alpha value is -1.93. The molecule has 118 valence electrons. The molecule has 6 nitrogen and oxygen atoms in total. The van der Waals surface area contributed by atoms with Gasteiger partial charge in [-0.1, -0.05) is 15.9 Å². The first-order valence-electron chi connectivity index (χ1n) is 6.29. The summed E-state index contributed by atoms with van der Waals surface area (Å²) in [5, 5.41) is 11.8. The molecule has 0 fully saturated rings. The van der Waals surface area contributed by atoms with Gasteiger partial charge in [-0.2, -0.15) is 0 Å². The van der Waals surface area contributed by atoms with Crippen LogP contribution in [0.2, 0.25) is 0 Å². The zero-order valence-electron chi connectivity index (χ0n) is 11.9. The fourth-order valence-corrected chi connectivity index (χ4v) is 2.47. The van der Waals surface area contributed by atoms with E-state index in [-0.39, 0.29) is 17.7 Å². The lowest BCUT2D eigenvalue weighted by molar-refractivity contribution is -0.145. The van der Waals surface area contributed by atoms with Gasteiger partial charge in [0.15, 0.2) is 5.54 Å². The van der Waals surface area contributed by atoms with E-state index < -0.39 is 23.2 Å². The lowest BCUT2D eigenvalue weighted by atomic mass is 10.0. The highest BCUT2D eigenvalue weighted by Crippen LogP contribution is 2.24. The van der Waals surface area contributed by atoms with Gasteiger partial charge < -0.3 is 20.1 Å². The van der Waals surface area contributed by atoms with Crippen molar-refractivity contribution in [3.8, 4) is 0 Å². The maximum Gasteiger partial charge on any atom is 0.331 e. The zero-order chi connectivity index (χ0) is 16.5. The molecule has 0 radical (unpaired) electrons. The number of rotatable bonds is 5. The van der Waals surface area contributed by atoms with Crippen LogP contribution in [0.5, 0.6) is 0 Å². The predicted molar refractivity (Wildman–Crippen MR) is 81.3 cm³/mol. The van der Waals surface area contributed by atoms with Crippen LogP contribution in [0, 0.1) is 5.82 Å². The summed E-state index contributed by atoms with van der Waals surface area (Å²) in [5.41, 5.74) is -1.08. The molecule has 0 aliphatic carbocycles. The molecule has 1 aromatic heterocycles. The van der Waals surface area contributed by atoms with Crippen LogP contribution in [0.25, 0.3) is 10.9 Å². The molecule has 1 aromatic carbocycles. The number of methoxy groups -OCH3 is 1. The molecule has 0 bridgehead atoms. The molecule has 3 N–H and O–H groups in total. The van der Waals surface area contributed by atoms with Crippen LogP contribution in [-0.2, 0) is 9.53 Å². The molecule has 2 rings (SSSR count). The van der Waals surface area contributed by atoms with Gasteiger partial charge in [0.1, 0.15) is 11.5 Å². The van der Waals surface area contributed by atoms with E-state index in [1.165, 1.54) is 26.2 Å². The van der Waals surface area contributed by atoms with E-state index in [2.05, 4.69) is 26.2 Å². The summed E-state index contributed by atoms with van der Waals surface area (Å²) in [6.07, 6.45) is 0. The topological polar surface area (TPSA) is 91.4 Å². The number of fused-ring (bicyclic) bond motifs is 1. The molecule has 0 saturated heterocycles. The Labute approximate surface area is 133 Å². The van der Waals surface area contributed by atoms with Crippen LogP contribution in [0.1, 0.15) is 17.4 Å². The summed E-state index contributed by atoms with van der Waals surface area (Å²) >= 11 is 3.16. The van der Waals surface area contributed by atoms with Crippen LogP contribution in [0.4, 0.5) is 4.39 Å². The molecular weight excluding hydrogens is 359 g/mol. The summed E-state index contributed by atoms with van der Waals surface area (Å²) in [6.45, 7) is 1.13. The lowest BCUT2D eigenvalue weighted by Gasteiger charge is -2.24. The van der Waals surface area contributed by atoms with Gasteiger partial charge in [-0.3, -0.25) is 4.79 Å². The number of aromatic amines is 1. The molecule has 0 aliphatic rings. The van der Waals surface area contributed by atoms with E-state index in [9.17, 15) is 19.1 Å². The van der Waals surface area contributed by atoms with Crippen molar-refractivity contribution in [2.24, 2.45) is 0 Å². The Bertz CT molecular complexity index is 746. The fraction of sp³-hybridized carbons (Fsp3) is 0.286. The minimum Gasteiger partial charge on any atom is -0.479 e. The number of halogens is 2. The Morgan fingerprint density at radius 2 is 2.14 bits per heavy atom. The molecule has 2 aromatic rings. The van der Waals surface area contributed by atoms with Gasteiger partial charge in [-0.15, -0.1) is 0 Å². The van der Waals surface area contributed by atoms with Crippen molar-refractivity contribution in [2.75, 3.05) is 13.7 Å². The quantitative estimate of drug-likeness (QED) is 0.750. The van der Waals surface area contributed by atoms with Crippen molar-refractivity contribution in [1.29, 1.82) is 0 Å². The molecule has 1 heterocycles. The largest absolute Gasteiger partial charge is 0.479 e. The molecule has 1 amide bonds. The first kappa shape index (κ1) is 16.4. The van der Waals surface area contributed by atoms with Gasteiger partial charge in [0.25, 0.3) is 5.91 Å². The molecule has 22 heavy (non-hydrogen) atoms. The number of aromatic nitrogens is 1. The van der Waals surface area contributed by atoms with E-state index in [0.717, 1.165) is 0 Å². The summed E-state index contributed by atoms with van der Waals surface area (Å²) in [7, 11) is 1.34. The van der Waals surface area contributed by atoms with Crippen LogP contribution < -0.4 is 5.32 Å². The molecule has 1 atom stereocenters. The van der Waals surface area contributed by atoms with E-state index in [1.54, 1.807) is 6.07 Å². The molecule has 1 unspecified atom stereocenters. The number of carboxylic acid groups (broad SMARTS) is 1. The Balaban J connectivity index is 2.33. The standard InChI is InChI=1S/C14H14BrFN2O4/c1-14(6-22-2,13(20)21)18-12(19)11-5-8-9(16)3-7(15)4-10(8)17-11/h3-5,17H,6H2,1-2H3,(H,18,19)(H,20,21). The minimum absolute atomic E-state index is 0.0654. The van der Waals surface area contributed by atoms with E-state index in [1.807, 2.05) is 0 Å². The average Bonchev–Trinajstić information content (AvgIpc) is 2.82. The van der Waals surface area contributed by atoms with Crippen LogP contribution in [0.15, 0.2) is 22.7 Å². The Morgan fingerprint density at radius 1 is 1.45 bits per heavy atom. The summed E-state index contributed by atoms with van der Waals surface area (Å²) in [4.78, 5) is 26.3. The first-order chi connectivity index (χ1) is 10.3. The van der Waals surface area contributed by atoms with E-state index in [4.69, 9.17) is 4.74 Å². The SMILES string of the molecule is COCC(C)(NC(=O)c1cc2c(F)cc(Br)cc2[nH]1)C(=O)O. The number of amides is 1. The Morgan fingerprint density at radius 3 is 2.73 bits per heavy atom. The number of aliphatic carboxylic acids is 1. The number of hydrogen-bond donors (Lipinski definition) is 3. The third kappa shape index (κ3) is 3.12. The van der Waals surface area contributed by atoms with Crippen molar-refractivity contribution in [3.05, 3.63) is 34.2 Å². The third-order valence-electron chi connectivity index (χ3n) is 3.19. The van der Waals surface area contributed by atoms with E-state index >= 15 is 0 Å². The second-order valence-electron chi connectivity index (χ2n) is 5.06. The number of ether oxygens (including phenoxy) is 1. The number of hydrogen-bond acceptors (Lipinski definition) is 3. The maximum absolute atomic E-state index is 13.8. The minimum atomic E-state index is -1.58. The van der Waals surface area contributed by atoms with Crippen molar-refractivity contribution in [1.82, 2.24) is 10.3 Å². The summed E-state index contributed by atoms with van der Waals surface area (Å²) < 4.78 is 19.2. The van der Waals surface area contributed by atoms with Crippen LogP contribution >= 0.6 is 15.9 Å².